The summed E-state index contributed by atoms with van der Waals surface area (Å²) in [5, 5.41) is 17.2. The normalized spacial score (nSPS) is 12.0. The molecule has 2 N–H and O–H groups in total. The van der Waals surface area contributed by atoms with Gasteiger partial charge in [0.2, 0.25) is 0 Å². The van der Waals surface area contributed by atoms with E-state index in [-0.39, 0.29) is 0 Å². The van der Waals surface area contributed by atoms with Gasteiger partial charge >= 0.3 is 0 Å². The molecule has 3 heteroatoms. The fourth-order valence-corrected chi connectivity index (χ4v) is 2.96. The highest BCUT2D eigenvalue weighted by Gasteiger charge is 2.18. The van der Waals surface area contributed by atoms with Crippen molar-refractivity contribution in [3.8, 4) is 0 Å². The van der Waals surface area contributed by atoms with Gasteiger partial charge in [0.1, 0.15) is 0 Å². The summed E-state index contributed by atoms with van der Waals surface area (Å²) in [6, 6.07) is 2.09. The molecule has 0 radical (unpaired) electrons. The van der Waals surface area contributed by atoms with E-state index in [2.05, 4.69) is 13.1 Å². The lowest BCUT2D eigenvalue weighted by molar-refractivity contribution is 0.293. The van der Waals surface area contributed by atoms with Crippen LogP contribution >= 0.6 is 0 Å². The van der Waals surface area contributed by atoms with Crippen LogP contribution in [0.3, 0.4) is 0 Å². The molecule has 0 heterocycles. The highest BCUT2D eigenvalue weighted by Crippen LogP contribution is 2.15. The molecule has 0 aliphatic rings. The number of aliphatic hydroxyl groups excluding tert-OH is 2. The summed E-state index contributed by atoms with van der Waals surface area (Å²) in [5.41, 5.74) is 0. The van der Waals surface area contributed by atoms with Gasteiger partial charge in [-0.1, -0.05) is 19.1 Å². The smallest absolute Gasteiger partial charge is 0.0497 e. The number of hydrogen-bond donors (Lipinski definition) is 2. The summed E-state index contributed by atoms with van der Waals surface area (Å²) in [4.78, 5) is 0. The van der Waals surface area contributed by atoms with Gasteiger partial charge < -0.3 is 10.2 Å². The van der Waals surface area contributed by atoms with E-state index in [1.54, 1.807) is 0 Å². The van der Waals surface area contributed by atoms with E-state index < -0.39 is 8.07 Å². The molecule has 0 aromatic carbocycles. The molecule has 0 saturated heterocycles. The van der Waals surface area contributed by atoms with E-state index in [9.17, 15) is 0 Å². The zero-order chi connectivity index (χ0) is 8.04. The maximum Gasteiger partial charge on any atom is 0.0497 e. The third-order valence-corrected chi connectivity index (χ3v) is 5.08. The largest absolute Gasteiger partial charge is 0.397 e. The first kappa shape index (κ1) is 10.1. The topological polar surface area (TPSA) is 40.5 Å². The Morgan fingerprint density at radius 2 is 1.60 bits per heavy atom. The van der Waals surface area contributed by atoms with Crippen LogP contribution in [0.2, 0.25) is 25.2 Å². The Balaban J connectivity index is 3.42. The predicted octanol–water partition coefficient (Wildman–Crippen LogP) is 1.07. The minimum atomic E-state index is -1.13. The summed E-state index contributed by atoms with van der Waals surface area (Å²) in [6.07, 6.45) is 0.902. The summed E-state index contributed by atoms with van der Waals surface area (Å²) in [5.74, 6) is 0. The van der Waals surface area contributed by atoms with Gasteiger partial charge in [-0.05, 0) is 12.5 Å². The van der Waals surface area contributed by atoms with Crippen LogP contribution in [-0.2, 0) is 0 Å². The first-order valence-corrected chi connectivity index (χ1v) is 7.25. The Kier molecular flexibility index (Phi) is 4.94. The van der Waals surface area contributed by atoms with E-state index in [4.69, 9.17) is 10.2 Å². The molecule has 0 spiro atoms. The fraction of sp³-hybridized carbons (Fsp3) is 1.00. The molecular weight excluding hydrogens is 144 g/mol. The van der Waals surface area contributed by atoms with E-state index in [1.807, 2.05) is 0 Å². The summed E-state index contributed by atoms with van der Waals surface area (Å²) in [6.45, 7) is 5.10. The highest BCUT2D eigenvalue weighted by molar-refractivity contribution is 6.77. The molecule has 10 heavy (non-hydrogen) atoms. The van der Waals surface area contributed by atoms with Gasteiger partial charge in [0, 0.05) is 21.3 Å². The van der Waals surface area contributed by atoms with E-state index >= 15 is 0 Å². The standard InChI is InChI=1S/C7H18O2Si/c1-10(2,7-5-9)6-3-4-8/h8-9H,3-7H2,1-2H3. The van der Waals surface area contributed by atoms with Crippen molar-refractivity contribution in [1.29, 1.82) is 0 Å². The summed E-state index contributed by atoms with van der Waals surface area (Å²) < 4.78 is 0. The minimum Gasteiger partial charge on any atom is -0.397 e. The Morgan fingerprint density at radius 1 is 1.00 bits per heavy atom. The zero-order valence-electron chi connectivity index (χ0n) is 6.93. The average Bonchev–Trinajstić information content (AvgIpc) is 1.84. The second-order valence-corrected chi connectivity index (χ2v) is 8.79. The molecule has 0 fully saturated rings. The molecule has 0 aliphatic carbocycles. The van der Waals surface area contributed by atoms with Crippen LogP contribution in [0.1, 0.15) is 6.42 Å². The van der Waals surface area contributed by atoms with Gasteiger partial charge in [0.15, 0.2) is 0 Å². The van der Waals surface area contributed by atoms with Crippen molar-refractivity contribution in [3.05, 3.63) is 0 Å². The van der Waals surface area contributed by atoms with Crippen molar-refractivity contribution < 1.29 is 10.2 Å². The lowest BCUT2D eigenvalue weighted by Crippen LogP contribution is -2.26. The van der Waals surface area contributed by atoms with Gasteiger partial charge in [-0.3, -0.25) is 0 Å². The van der Waals surface area contributed by atoms with Crippen molar-refractivity contribution in [3.63, 3.8) is 0 Å². The van der Waals surface area contributed by atoms with Gasteiger partial charge in [-0.25, -0.2) is 0 Å². The van der Waals surface area contributed by atoms with Gasteiger partial charge in [-0.2, -0.15) is 0 Å². The number of hydrogen-bond acceptors (Lipinski definition) is 2. The van der Waals surface area contributed by atoms with Crippen molar-refractivity contribution in [2.45, 2.75) is 31.6 Å². The summed E-state index contributed by atoms with van der Waals surface area (Å²) in [7, 11) is -1.13. The molecule has 0 amide bonds. The van der Waals surface area contributed by atoms with Crippen LogP contribution in [0.25, 0.3) is 0 Å². The minimum absolute atomic E-state index is 0.294. The molecule has 2 nitrogen and oxygen atoms in total. The monoisotopic (exact) mass is 162 g/mol. The van der Waals surface area contributed by atoms with E-state index in [1.165, 1.54) is 0 Å². The maximum atomic E-state index is 8.67. The zero-order valence-corrected chi connectivity index (χ0v) is 7.93. The van der Waals surface area contributed by atoms with E-state index in [0.29, 0.717) is 13.2 Å². The van der Waals surface area contributed by atoms with Crippen molar-refractivity contribution in [2.75, 3.05) is 13.2 Å². The molecule has 0 atom stereocenters. The molecule has 0 aliphatic heterocycles. The first-order valence-electron chi connectivity index (χ1n) is 3.84. The molecule has 0 aromatic heterocycles. The number of rotatable bonds is 5. The van der Waals surface area contributed by atoms with Crippen LogP contribution in [-0.4, -0.2) is 31.5 Å². The van der Waals surface area contributed by atoms with Gasteiger partial charge in [0.25, 0.3) is 0 Å². The predicted molar refractivity (Wildman–Crippen MR) is 45.9 cm³/mol. The molecule has 0 aromatic rings. The Hall–Kier alpha value is 0.137. The molecule has 0 bridgehead atoms. The van der Waals surface area contributed by atoms with Crippen molar-refractivity contribution in [1.82, 2.24) is 0 Å². The van der Waals surface area contributed by atoms with Crippen molar-refractivity contribution >= 4 is 8.07 Å². The lowest BCUT2D eigenvalue weighted by Gasteiger charge is -2.19. The third kappa shape index (κ3) is 4.96. The highest BCUT2D eigenvalue weighted by atomic mass is 28.3. The third-order valence-electron chi connectivity index (χ3n) is 1.80. The van der Waals surface area contributed by atoms with Crippen molar-refractivity contribution in [2.24, 2.45) is 0 Å². The van der Waals surface area contributed by atoms with Crippen LogP contribution < -0.4 is 0 Å². The Morgan fingerprint density at radius 3 is 2.00 bits per heavy atom. The SMILES string of the molecule is C[Si](C)(CCO)CCCO. The Labute approximate surface area is 63.9 Å². The first-order chi connectivity index (χ1) is 4.62. The lowest BCUT2D eigenvalue weighted by atomic mass is 10.5. The molecule has 62 valence electrons. The quantitative estimate of drug-likeness (QED) is 0.594. The summed E-state index contributed by atoms with van der Waals surface area (Å²) >= 11 is 0. The second kappa shape index (κ2) is 4.88. The molecular formula is C7H18O2Si. The number of aliphatic hydroxyl groups is 2. The van der Waals surface area contributed by atoms with E-state index in [0.717, 1.165) is 18.5 Å². The molecule has 0 unspecified atom stereocenters. The van der Waals surface area contributed by atoms with Crippen LogP contribution in [0.4, 0.5) is 0 Å². The van der Waals surface area contributed by atoms with Gasteiger partial charge in [0.05, 0.1) is 0 Å². The van der Waals surface area contributed by atoms with Crippen LogP contribution in [0, 0.1) is 0 Å². The fourth-order valence-electron chi connectivity index (χ4n) is 0.985. The van der Waals surface area contributed by atoms with Crippen LogP contribution in [0.5, 0.6) is 0 Å². The Bertz CT molecular complexity index is 83.7. The second-order valence-electron chi connectivity index (χ2n) is 3.46. The maximum absolute atomic E-state index is 8.67. The molecule has 0 saturated carbocycles. The molecule has 0 rings (SSSR count). The average molecular weight is 162 g/mol. The van der Waals surface area contributed by atoms with Gasteiger partial charge in [-0.15, -0.1) is 0 Å². The van der Waals surface area contributed by atoms with Crippen LogP contribution in [0.15, 0.2) is 0 Å².